The van der Waals surface area contributed by atoms with Crippen LogP contribution in [0.2, 0.25) is 0 Å². The van der Waals surface area contributed by atoms with Gasteiger partial charge in [0.15, 0.2) is 0 Å². The average Bonchev–Trinajstić information content (AvgIpc) is 2.82. The lowest BCUT2D eigenvalue weighted by Crippen LogP contribution is -2.28. The maximum Gasteiger partial charge on any atom is 0.255 e. The standard InChI is InChI=1S/C15H20N2O/c1-11(2)8-10-17(3)15(18)13-6-4-5-12-7-9-16-14(12)13/h4-7,9,11,16H,8,10H2,1-3H3. The number of nitrogens with one attached hydrogen (secondary N) is 1. The lowest BCUT2D eigenvalue weighted by Gasteiger charge is -2.18. The second-order valence-corrected chi connectivity index (χ2v) is 5.16. The largest absolute Gasteiger partial charge is 0.361 e. The van der Waals surface area contributed by atoms with Gasteiger partial charge in [-0.15, -0.1) is 0 Å². The van der Waals surface area contributed by atoms with Gasteiger partial charge >= 0.3 is 0 Å². The third-order valence-electron chi connectivity index (χ3n) is 3.21. The zero-order valence-corrected chi connectivity index (χ0v) is 11.2. The number of carbonyl (C=O) groups is 1. The summed E-state index contributed by atoms with van der Waals surface area (Å²) in [7, 11) is 1.87. The molecule has 1 amide bonds. The Bertz CT molecular complexity index is 542. The van der Waals surface area contributed by atoms with E-state index in [0.29, 0.717) is 5.92 Å². The molecule has 0 aliphatic carbocycles. The molecule has 1 aromatic carbocycles. The van der Waals surface area contributed by atoms with Crippen molar-refractivity contribution in [2.75, 3.05) is 13.6 Å². The van der Waals surface area contributed by atoms with Crippen LogP contribution < -0.4 is 0 Å². The number of aromatic amines is 1. The van der Waals surface area contributed by atoms with E-state index in [4.69, 9.17) is 0 Å². The van der Waals surface area contributed by atoms with Crippen LogP contribution in [0.5, 0.6) is 0 Å². The van der Waals surface area contributed by atoms with E-state index in [-0.39, 0.29) is 5.91 Å². The second kappa shape index (κ2) is 5.25. The highest BCUT2D eigenvalue weighted by molar-refractivity contribution is 6.05. The maximum absolute atomic E-state index is 12.4. The molecule has 0 radical (unpaired) electrons. The van der Waals surface area contributed by atoms with Crippen LogP contribution in [0, 0.1) is 5.92 Å². The number of aromatic nitrogens is 1. The Balaban J connectivity index is 2.20. The first-order valence-electron chi connectivity index (χ1n) is 6.41. The molecule has 0 atom stereocenters. The molecule has 18 heavy (non-hydrogen) atoms. The van der Waals surface area contributed by atoms with E-state index >= 15 is 0 Å². The average molecular weight is 244 g/mol. The summed E-state index contributed by atoms with van der Waals surface area (Å²) in [5.74, 6) is 0.699. The molecule has 0 saturated carbocycles. The Hall–Kier alpha value is -1.77. The smallest absolute Gasteiger partial charge is 0.255 e. The van der Waals surface area contributed by atoms with E-state index in [1.807, 2.05) is 37.5 Å². The summed E-state index contributed by atoms with van der Waals surface area (Å²) < 4.78 is 0. The molecule has 0 unspecified atom stereocenters. The molecule has 1 N–H and O–H groups in total. The van der Waals surface area contributed by atoms with Crippen LogP contribution in [0.1, 0.15) is 30.6 Å². The second-order valence-electron chi connectivity index (χ2n) is 5.16. The normalized spacial score (nSPS) is 11.1. The molecule has 0 bridgehead atoms. The van der Waals surface area contributed by atoms with Crippen molar-refractivity contribution in [3.05, 3.63) is 36.0 Å². The monoisotopic (exact) mass is 244 g/mol. The highest BCUT2D eigenvalue weighted by Gasteiger charge is 2.15. The van der Waals surface area contributed by atoms with Crippen molar-refractivity contribution in [3.63, 3.8) is 0 Å². The Morgan fingerprint density at radius 3 is 2.83 bits per heavy atom. The van der Waals surface area contributed by atoms with Gasteiger partial charge in [0.05, 0.1) is 11.1 Å². The van der Waals surface area contributed by atoms with Crippen LogP contribution >= 0.6 is 0 Å². The fourth-order valence-electron chi connectivity index (χ4n) is 2.02. The van der Waals surface area contributed by atoms with Crippen molar-refractivity contribution in [1.82, 2.24) is 9.88 Å². The Kier molecular flexibility index (Phi) is 3.70. The molecule has 96 valence electrons. The molecular formula is C15H20N2O. The molecule has 3 nitrogen and oxygen atoms in total. The fourth-order valence-corrected chi connectivity index (χ4v) is 2.02. The number of nitrogens with zero attached hydrogens (tertiary/aromatic N) is 1. The number of amides is 1. The summed E-state index contributed by atoms with van der Waals surface area (Å²) in [6.07, 6.45) is 2.90. The predicted molar refractivity (Wildman–Crippen MR) is 74.7 cm³/mol. The quantitative estimate of drug-likeness (QED) is 0.880. The minimum absolute atomic E-state index is 0.0868. The summed E-state index contributed by atoms with van der Waals surface area (Å²) in [5.41, 5.74) is 1.68. The minimum atomic E-state index is 0.0868. The molecule has 0 fully saturated rings. The van der Waals surface area contributed by atoms with E-state index in [9.17, 15) is 4.79 Å². The Morgan fingerprint density at radius 2 is 2.11 bits per heavy atom. The van der Waals surface area contributed by atoms with Gasteiger partial charge < -0.3 is 9.88 Å². The van der Waals surface area contributed by atoms with Crippen molar-refractivity contribution >= 4 is 16.8 Å². The highest BCUT2D eigenvalue weighted by Crippen LogP contribution is 2.18. The van der Waals surface area contributed by atoms with Gasteiger partial charge in [-0.25, -0.2) is 0 Å². The zero-order chi connectivity index (χ0) is 13.1. The molecule has 0 aliphatic heterocycles. The van der Waals surface area contributed by atoms with Crippen molar-refractivity contribution in [3.8, 4) is 0 Å². The molecule has 2 aromatic rings. The number of carbonyl (C=O) groups excluding carboxylic acids is 1. The van der Waals surface area contributed by atoms with E-state index in [1.54, 1.807) is 4.90 Å². The lowest BCUT2D eigenvalue weighted by atomic mass is 10.1. The Labute approximate surface area is 108 Å². The van der Waals surface area contributed by atoms with Crippen molar-refractivity contribution in [2.45, 2.75) is 20.3 Å². The molecule has 0 spiro atoms. The molecule has 3 heteroatoms. The van der Waals surface area contributed by atoms with Gasteiger partial charge in [-0.1, -0.05) is 26.0 Å². The van der Waals surface area contributed by atoms with Crippen molar-refractivity contribution in [2.24, 2.45) is 5.92 Å². The first kappa shape index (κ1) is 12.7. The summed E-state index contributed by atoms with van der Waals surface area (Å²) in [6, 6.07) is 7.81. The Morgan fingerprint density at radius 1 is 1.33 bits per heavy atom. The van der Waals surface area contributed by atoms with Crippen molar-refractivity contribution in [1.29, 1.82) is 0 Å². The minimum Gasteiger partial charge on any atom is -0.361 e. The number of para-hydroxylation sites is 1. The summed E-state index contributed by atoms with van der Waals surface area (Å²) in [4.78, 5) is 17.3. The highest BCUT2D eigenvalue weighted by atomic mass is 16.2. The summed E-state index contributed by atoms with van der Waals surface area (Å²) >= 11 is 0. The SMILES string of the molecule is CC(C)CCN(C)C(=O)c1cccc2cc[nH]c12. The number of hydrogen-bond acceptors (Lipinski definition) is 1. The number of benzene rings is 1. The van der Waals surface area contributed by atoms with Gasteiger partial charge in [0.25, 0.3) is 5.91 Å². The summed E-state index contributed by atoms with van der Waals surface area (Å²) in [6.45, 7) is 5.14. The van der Waals surface area contributed by atoms with E-state index in [1.165, 1.54) is 0 Å². The van der Waals surface area contributed by atoms with Gasteiger partial charge in [0.2, 0.25) is 0 Å². The predicted octanol–water partition coefficient (Wildman–Crippen LogP) is 3.29. The number of H-pyrrole nitrogens is 1. The first-order chi connectivity index (χ1) is 8.59. The third-order valence-corrected chi connectivity index (χ3v) is 3.21. The van der Waals surface area contributed by atoms with Gasteiger partial charge in [-0.2, -0.15) is 0 Å². The third kappa shape index (κ3) is 2.55. The van der Waals surface area contributed by atoms with Gasteiger partial charge in [-0.3, -0.25) is 4.79 Å². The number of rotatable bonds is 4. The molecule has 0 aliphatic rings. The number of hydrogen-bond donors (Lipinski definition) is 1. The van der Waals surface area contributed by atoms with Crippen molar-refractivity contribution < 1.29 is 4.79 Å². The maximum atomic E-state index is 12.4. The topological polar surface area (TPSA) is 36.1 Å². The zero-order valence-electron chi connectivity index (χ0n) is 11.2. The molecule has 0 saturated heterocycles. The van der Waals surface area contributed by atoms with Gasteiger partial charge in [-0.05, 0) is 24.5 Å². The van der Waals surface area contributed by atoms with E-state index in [0.717, 1.165) is 29.4 Å². The molecule has 1 aromatic heterocycles. The molecular weight excluding hydrogens is 224 g/mol. The van der Waals surface area contributed by atoms with E-state index < -0.39 is 0 Å². The van der Waals surface area contributed by atoms with Gasteiger partial charge in [0.1, 0.15) is 0 Å². The van der Waals surface area contributed by atoms with E-state index in [2.05, 4.69) is 18.8 Å². The van der Waals surface area contributed by atoms with Crippen LogP contribution in [-0.4, -0.2) is 29.4 Å². The summed E-state index contributed by atoms with van der Waals surface area (Å²) in [5, 5.41) is 1.08. The van der Waals surface area contributed by atoms with Crippen LogP contribution in [-0.2, 0) is 0 Å². The lowest BCUT2D eigenvalue weighted by molar-refractivity contribution is 0.0791. The molecule has 2 rings (SSSR count). The van der Waals surface area contributed by atoms with Crippen LogP contribution in [0.4, 0.5) is 0 Å². The fraction of sp³-hybridized carbons (Fsp3) is 0.400. The number of fused-ring (bicyclic) bond motifs is 1. The van der Waals surface area contributed by atoms with Gasteiger partial charge in [0, 0.05) is 25.2 Å². The first-order valence-corrected chi connectivity index (χ1v) is 6.41. The molecule has 1 heterocycles. The van der Waals surface area contributed by atoms with Crippen LogP contribution in [0.25, 0.3) is 10.9 Å². The van der Waals surface area contributed by atoms with Crippen LogP contribution in [0.3, 0.4) is 0 Å². The van der Waals surface area contributed by atoms with Crippen LogP contribution in [0.15, 0.2) is 30.5 Å².